The fourth-order valence-corrected chi connectivity index (χ4v) is 9.07. The Bertz CT molecular complexity index is 2960. The van der Waals surface area contributed by atoms with Crippen molar-refractivity contribution in [3.8, 4) is 78.1 Å². The van der Waals surface area contributed by atoms with Crippen LogP contribution in [0.2, 0.25) is 0 Å². The minimum Gasteiger partial charge on any atom is -0.135 e. The molecule has 0 fully saturated rings. The van der Waals surface area contributed by atoms with Gasteiger partial charge >= 0.3 is 0 Å². The van der Waals surface area contributed by atoms with Crippen molar-refractivity contribution >= 4 is 31.5 Å². The van der Waals surface area contributed by atoms with Crippen LogP contribution in [-0.2, 0) is 0 Å². The van der Waals surface area contributed by atoms with Gasteiger partial charge in [-0.05, 0) is 67.4 Å². The van der Waals surface area contributed by atoms with Crippen LogP contribution in [0.3, 0.4) is 0 Å². The van der Waals surface area contributed by atoms with Gasteiger partial charge in [-0.15, -0.1) is 21.5 Å². The molecule has 2 aromatic heterocycles. The molecule has 0 aliphatic rings. The van der Waals surface area contributed by atoms with Crippen molar-refractivity contribution in [1.29, 1.82) is 0 Å². The maximum Gasteiger partial charge on any atom is 0.106 e. The highest BCUT2D eigenvalue weighted by atomic mass is 32.1. The summed E-state index contributed by atoms with van der Waals surface area (Å²) in [5.74, 6) is 0. The van der Waals surface area contributed by atoms with Gasteiger partial charge in [0.05, 0.1) is 0 Å². The average Bonchev–Trinajstić information content (AvgIpc) is 3.66. The lowest BCUT2D eigenvalue weighted by Crippen LogP contribution is -2.03. The Hall–Kier alpha value is -7.01. The van der Waals surface area contributed by atoms with Gasteiger partial charge in [0.1, 0.15) is 11.4 Å². The zero-order valence-corrected chi connectivity index (χ0v) is 30.6. The lowest BCUT2D eigenvalue weighted by atomic mass is 9.82. The van der Waals surface area contributed by atoms with Gasteiger partial charge in [0, 0.05) is 36.9 Å². The molecule has 0 unspecified atom stereocenters. The fraction of sp³-hybridized carbons (Fsp3) is 0. The third kappa shape index (κ3) is 5.81. The molecule has 4 heteroatoms. The van der Waals surface area contributed by atoms with Crippen LogP contribution < -0.4 is 0 Å². The summed E-state index contributed by atoms with van der Waals surface area (Å²) in [6.07, 6.45) is 0. The summed E-state index contributed by atoms with van der Waals surface area (Å²) in [7, 11) is 0. The predicted molar refractivity (Wildman–Crippen MR) is 231 cm³/mol. The second-order valence-electron chi connectivity index (χ2n) is 13.6. The zero-order chi connectivity index (χ0) is 36.6. The van der Waals surface area contributed by atoms with E-state index in [-0.39, 0.29) is 0 Å². The van der Waals surface area contributed by atoms with E-state index in [1.54, 1.807) is 0 Å². The lowest BCUT2D eigenvalue weighted by molar-refractivity contribution is 0.879. The van der Waals surface area contributed by atoms with Gasteiger partial charge in [-0.25, -0.2) is 0 Å². The van der Waals surface area contributed by atoms with E-state index < -0.39 is 0 Å². The van der Waals surface area contributed by atoms with Gasteiger partial charge in [-0.2, -0.15) is 0 Å². The lowest BCUT2D eigenvalue weighted by Gasteiger charge is -2.22. The highest BCUT2D eigenvalue weighted by molar-refractivity contribution is 7.26. The third-order valence-electron chi connectivity index (χ3n) is 10.4. The van der Waals surface area contributed by atoms with E-state index in [9.17, 15) is 0 Å². The normalized spacial score (nSPS) is 11.3. The molecular formula is C51H33N3S. The van der Waals surface area contributed by atoms with Crippen molar-refractivity contribution in [2.24, 2.45) is 0 Å². The molecule has 0 saturated heterocycles. The summed E-state index contributed by atoms with van der Waals surface area (Å²) in [5.41, 5.74) is 14.5. The molecule has 0 aliphatic carbocycles. The van der Waals surface area contributed by atoms with Crippen LogP contribution in [0.15, 0.2) is 200 Å². The van der Waals surface area contributed by atoms with Crippen LogP contribution in [0.25, 0.3) is 98.3 Å². The molecule has 0 saturated carbocycles. The molecule has 0 amide bonds. The van der Waals surface area contributed by atoms with Crippen molar-refractivity contribution in [3.63, 3.8) is 0 Å². The highest BCUT2D eigenvalue weighted by Gasteiger charge is 2.27. The SMILES string of the molecule is c1ccc(-c2ccccc2-c2c(-c3ccccc3)nnnc2-c2c(-c3ccccc3)cccc2-c2c(-c3ccccc3)ccc3sc4ccccc4c23)cc1. The molecule has 0 bridgehead atoms. The molecule has 2 heterocycles. The topological polar surface area (TPSA) is 38.7 Å². The number of hydrogen-bond acceptors (Lipinski definition) is 4. The van der Waals surface area contributed by atoms with Gasteiger partial charge in [0.15, 0.2) is 0 Å². The molecule has 3 nitrogen and oxygen atoms in total. The van der Waals surface area contributed by atoms with Crippen molar-refractivity contribution in [2.45, 2.75) is 0 Å². The van der Waals surface area contributed by atoms with Gasteiger partial charge in [-0.1, -0.05) is 188 Å². The molecule has 0 spiro atoms. The molecule has 0 N–H and O–H groups in total. The van der Waals surface area contributed by atoms with Crippen LogP contribution in [0.5, 0.6) is 0 Å². The first-order valence-electron chi connectivity index (χ1n) is 18.5. The van der Waals surface area contributed by atoms with E-state index in [0.29, 0.717) is 0 Å². The van der Waals surface area contributed by atoms with Crippen LogP contribution in [0, 0.1) is 0 Å². The number of thiophene rings is 1. The second kappa shape index (κ2) is 14.1. The number of rotatable bonds is 7. The molecule has 10 rings (SSSR count). The first-order chi connectivity index (χ1) is 27.3. The first kappa shape index (κ1) is 32.6. The Kier molecular flexibility index (Phi) is 8.36. The molecule has 0 aliphatic heterocycles. The Labute approximate surface area is 323 Å². The minimum absolute atomic E-state index is 0.780. The van der Waals surface area contributed by atoms with Gasteiger partial charge in [0.25, 0.3) is 0 Å². The second-order valence-corrected chi connectivity index (χ2v) is 14.6. The Balaban J connectivity index is 1.39. The Morgan fingerprint density at radius 1 is 0.291 bits per heavy atom. The van der Waals surface area contributed by atoms with E-state index in [1.165, 1.54) is 31.3 Å². The number of aromatic nitrogens is 3. The predicted octanol–water partition coefficient (Wildman–Crippen LogP) is 13.9. The number of nitrogens with zero attached hydrogens (tertiary/aromatic N) is 3. The van der Waals surface area contributed by atoms with Crippen LogP contribution in [-0.4, -0.2) is 15.4 Å². The van der Waals surface area contributed by atoms with Crippen LogP contribution >= 0.6 is 11.3 Å². The maximum absolute atomic E-state index is 5.09. The molecular weight excluding hydrogens is 687 g/mol. The quantitative estimate of drug-likeness (QED) is 0.165. The Morgan fingerprint density at radius 2 is 0.782 bits per heavy atom. The Morgan fingerprint density at radius 3 is 1.45 bits per heavy atom. The largest absolute Gasteiger partial charge is 0.135 e. The summed E-state index contributed by atoms with van der Waals surface area (Å²) in [6, 6.07) is 71.0. The molecule has 8 aromatic carbocycles. The molecule has 0 atom stereocenters. The first-order valence-corrected chi connectivity index (χ1v) is 19.3. The van der Waals surface area contributed by atoms with E-state index in [1.807, 2.05) is 17.4 Å². The maximum atomic E-state index is 5.09. The van der Waals surface area contributed by atoms with Gasteiger partial charge < -0.3 is 0 Å². The third-order valence-corrected chi connectivity index (χ3v) is 11.5. The van der Waals surface area contributed by atoms with Crippen molar-refractivity contribution in [2.75, 3.05) is 0 Å². The molecule has 0 radical (unpaired) electrons. The summed E-state index contributed by atoms with van der Waals surface area (Å²) in [6.45, 7) is 0. The standard InChI is InChI=1S/C51H33N3S/c1-5-18-34(19-6-1)38-26-13-14-27-41(38)49-50(37-24-11-4-12-25-37)52-54-53-51(49)47-39(35-20-7-2-8-21-35)29-17-30-43(47)46-40(36-22-9-3-10-23-36)32-33-45-48(46)42-28-15-16-31-44(42)55-45/h1-33H. The number of fused-ring (bicyclic) bond motifs is 3. The molecule has 258 valence electrons. The molecule has 10 aromatic rings. The molecule has 55 heavy (non-hydrogen) atoms. The average molecular weight is 720 g/mol. The van der Waals surface area contributed by atoms with Crippen molar-refractivity contribution in [1.82, 2.24) is 15.4 Å². The summed E-state index contributed by atoms with van der Waals surface area (Å²) >= 11 is 1.84. The van der Waals surface area contributed by atoms with E-state index in [2.05, 4.69) is 199 Å². The van der Waals surface area contributed by atoms with E-state index in [0.717, 1.165) is 67.0 Å². The summed E-state index contributed by atoms with van der Waals surface area (Å²) in [5, 5.41) is 17.0. The van der Waals surface area contributed by atoms with Gasteiger partial charge in [-0.3, -0.25) is 0 Å². The summed E-state index contributed by atoms with van der Waals surface area (Å²) in [4.78, 5) is 0. The minimum atomic E-state index is 0.780. The fourth-order valence-electron chi connectivity index (χ4n) is 7.95. The smallest absolute Gasteiger partial charge is 0.106 e. The summed E-state index contributed by atoms with van der Waals surface area (Å²) < 4.78 is 2.50. The van der Waals surface area contributed by atoms with Crippen LogP contribution in [0.1, 0.15) is 0 Å². The van der Waals surface area contributed by atoms with Crippen molar-refractivity contribution in [3.05, 3.63) is 200 Å². The monoisotopic (exact) mass is 719 g/mol. The number of hydrogen-bond donors (Lipinski definition) is 0. The van der Waals surface area contributed by atoms with Crippen molar-refractivity contribution < 1.29 is 0 Å². The highest BCUT2D eigenvalue weighted by Crippen LogP contribution is 2.51. The van der Waals surface area contributed by atoms with Gasteiger partial charge in [0.2, 0.25) is 0 Å². The van der Waals surface area contributed by atoms with Crippen LogP contribution in [0.4, 0.5) is 0 Å². The van der Waals surface area contributed by atoms with E-state index in [4.69, 9.17) is 10.2 Å². The number of benzene rings is 8. The van der Waals surface area contributed by atoms with E-state index >= 15 is 0 Å². The zero-order valence-electron chi connectivity index (χ0n) is 29.8.